The number of halogens is 2. The summed E-state index contributed by atoms with van der Waals surface area (Å²) in [6.07, 6.45) is 0. The molecule has 0 unspecified atom stereocenters. The van der Waals surface area contributed by atoms with E-state index in [0.717, 1.165) is 35.4 Å². The Balaban J connectivity index is 1.52. The Morgan fingerprint density at radius 2 is 1.93 bits per heavy atom. The van der Waals surface area contributed by atoms with Gasteiger partial charge < -0.3 is 20.3 Å². The van der Waals surface area contributed by atoms with E-state index in [1.165, 1.54) is 12.1 Å². The van der Waals surface area contributed by atoms with Gasteiger partial charge in [0.2, 0.25) is 0 Å². The van der Waals surface area contributed by atoms with Crippen LogP contribution in [0, 0.1) is 12.7 Å². The lowest BCUT2D eigenvalue weighted by Gasteiger charge is -2.28. The van der Waals surface area contributed by atoms with E-state index < -0.39 is 11.8 Å². The van der Waals surface area contributed by atoms with Crippen molar-refractivity contribution in [3.8, 4) is 0 Å². The van der Waals surface area contributed by atoms with Crippen molar-refractivity contribution in [1.29, 1.82) is 0 Å². The van der Waals surface area contributed by atoms with Gasteiger partial charge in [-0.1, -0.05) is 15.9 Å². The standard InChI is InChI=1S/C21H20BrFN4O2/c1-13-10-20(27-6-8-29-9-7-27)25-18-5-3-15(12-16(13)18)24-21(28)26-19-4-2-14(22)11-17(19)23/h2-5,10-12H,6-9H2,1H3,(H2,24,26,28). The minimum atomic E-state index is -0.513. The number of anilines is 3. The highest BCUT2D eigenvalue weighted by Gasteiger charge is 2.15. The third-order valence-electron chi connectivity index (χ3n) is 4.77. The van der Waals surface area contributed by atoms with Crippen molar-refractivity contribution in [1.82, 2.24) is 4.98 Å². The molecular weight excluding hydrogens is 439 g/mol. The molecule has 2 heterocycles. The molecule has 1 saturated heterocycles. The van der Waals surface area contributed by atoms with Gasteiger partial charge in [-0.2, -0.15) is 0 Å². The van der Waals surface area contributed by atoms with Crippen LogP contribution in [0.15, 0.2) is 46.9 Å². The number of nitrogens with zero attached hydrogens (tertiary/aromatic N) is 2. The van der Waals surface area contributed by atoms with Gasteiger partial charge in [-0.15, -0.1) is 0 Å². The molecule has 29 heavy (non-hydrogen) atoms. The summed E-state index contributed by atoms with van der Waals surface area (Å²) in [7, 11) is 0. The number of hydrogen-bond acceptors (Lipinski definition) is 4. The van der Waals surface area contributed by atoms with Crippen molar-refractivity contribution < 1.29 is 13.9 Å². The third kappa shape index (κ3) is 4.49. The molecule has 2 N–H and O–H groups in total. The topological polar surface area (TPSA) is 66.5 Å². The Bertz CT molecular complexity index is 1070. The number of benzene rings is 2. The predicted molar refractivity (Wildman–Crippen MR) is 116 cm³/mol. The highest BCUT2D eigenvalue weighted by Crippen LogP contribution is 2.26. The van der Waals surface area contributed by atoms with Crippen molar-refractivity contribution in [3.05, 3.63) is 58.3 Å². The Kier molecular flexibility index (Phi) is 5.64. The van der Waals surface area contributed by atoms with Gasteiger partial charge in [0.1, 0.15) is 11.6 Å². The number of pyridine rings is 1. The van der Waals surface area contributed by atoms with E-state index in [-0.39, 0.29) is 5.69 Å². The van der Waals surface area contributed by atoms with E-state index >= 15 is 0 Å². The summed E-state index contributed by atoms with van der Waals surface area (Å²) in [5.41, 5.74) is 2.65. The summed E-state index contributed by atoms with van der Waals surface area (Å²) >= 11 is 3.19. The summed E-state index contributed by atoms with van der Waals surface area (Å²) in [5.74, 6) is 0.422. The molecule has 0 spiro atoms. The zero-order valence-electron chi connectivity index (χ0n) is 15.8. The Hall–Kier alpha value is -2.71. The van der Waals surface area contributed by atoms with Crippen LogP contribution in [0.25, 0.3) is 10.9 Å². The zero-order valence-corrected chi connectivity index (χ0v) is 17.4. The fourth-order valence-corrected chi connectivity index (χ4v) is 3.62. The summed E-state index contributed by atoms with van der Waals surface area (Å²) in [6.45, 7) is 5.08. The molecule has 1 aliphatic heterocycles. The molecule has 3 aromatic rings. The molecule has 150 valence electrons. The molecule has 2 aromatic carbocycles. The quantitative estimate of drug-likeness (QED) is 0.584. The van der Waals surface area contributed by atoms with Crippen molar-refractivity contribution in [2.45, 2.75) is 6.92 Å². The number of urea groups is 1. The van der Waals surface area contributed by atoms with Gasteiger partial charge in [0.25, 0.3) is 0 Å². The normalized spacial score (nSPS) is 14.1. The molecule has 0 aliphatic carbocycles. The highest BCUT2D eigenvalue weighted by molar-refractivity contribution is 9.10. The first-order chi connectivity index (χ1) is 14.0. The number of carbonyl (C=O) groups excluding carboxylic acids is 1. The first-order valence-corrected chi connectivity index (χ1v) is 10.1. The lowest BCUT2D eigenvalue weighted by molar-refractivity contribution is 0.122. The molecule has 0 saturated carbocycles. The van der Waals surface area contributed by atoms with E-state index in [4.69, 9.17) is 9.72 Å². The van der Waals surface area contributed by atoms with Crippen molar-refractivity contribution in [2.75, 3.05) is 41.8 Å². The second-order valence-electron chi connectivity index (χ2n) is 6.83. The lowest BCUT2D eigenvalue weighted by atomic mass is 10.1. The van der Waals surface area contributed by atoms with Crippen LogP contribution in [0.3, 0.4) is 0 Å². The van der Waals surface area contributed by atoms with E-state index in [2.05, 4.69) is 37.5 Å². The minimum absolute atomic E-state index is 0.111. The number of amides is 2. The van der Waals surface area contributed by atoms with E-state index in [1.807, 2.05) is 19.1 Å². The summed E-state index contributed by atoms with van der Waals surface area (Å²) in [6, 6.07) is 11.5. The third-order valence-corrected chi connectivity index (χ3v) is 5.27. The number of aromatic nitrogens is 1. The molecule has 0 atom stereocenters. The SMILES string of the molecule is Cc1cc(N2CCOCC2)nc2ccc(NC(=O)Nc3ccc(Br)cc3F)cc12. The minimum Gasteiger partial charge on any atom is -0.378 e. The number of rotatable bonds is 3. The van der Waals surface area contributed by atoms with Crippen LogP contribution >= 0.6 is 15.9 Å². The Morgan fingerprint density at radius 3 is 2.69 bits per heavy atom. The number of fused-ring (bicyclic) bond motifs is 1. The predicted octanol–water partition coefficient (Wildman–Crippen LogP) is 4.93. The monoisotopic (exact) mass is 458 g/mol. The number of carbonyl (C=O) groups is 1. The smallest absolute Gasteiger partial charge is 0.323 e. The fraction of sp³-hybridized carbons (Fsp3) is 0.238. The molecule has 1 fully saturated rings. The van der Waals surface area contributed by atoms with E-state index in [9.17, 15) is 9.18 Å². The zero-order chi connectivity index (χ0) is 20.4. The molecule has 8 heteroatoms. The van der Waals surface area contributed by atoms with E-state index in [0.29, 0.717) is 23.4 Å². The average molecular weight is 459 g/mol. The molecule has 0 bridgehead atoms. The molecule has 2 amide bonds. The van der Waals surface area contributed by atoms with Crippen LogP contribution in [0.5, 0.6) is 0 Å². The maximum Gasteiger partial charge on any atom is 0.323 e. The number of hydrogen-bond donors (Lipinski definition) is 2. The average Bonchev–Trinajstić information content (AvgIpc) is 2.71. The van der Waals surface area contributed by atoms with Gasteiger partial charge in [0.15, 0.2) is 0 Å². The van der Waals surface area contributed by atoms with Crippen LogP contribution in [-0.2, 0) is 4.74 Å². The van der Waals surface area contributed by atoms with Gasteiger partial charge in [-0.25, -0.2) is 14.2 Å². The Labute approximate surface area is 176 Å². The largest absolute Gasteiger partial charge is 0.378 e. The highest BCUT2D eigenvalue weighted by atomic mass is 79.9. The summed E-state index contributed by atoms with van der Waals surface area (Å²) in [4.78, 5) is 19.2. The molecule has 0 radical (unpaired) electrons. The maximum atomic E-state index is 13.9. The molecule has 1 aromatic heterocycles. The van der Waals surface area contributed by atoms with Gasteiger partial charge in [0, 0.05) is 28.6 Å². The molecular formula is C21H20BrFN4O2. The second-order valence-corrected chi connectivity index (χ2v) is 7.75. The van der Waals surface area contributed by atoms with Gasteiger partial charge in [0.05, 0.1) is 24.4 Å². The number of ether oxygens (including phenoxy) is 1. The number of morpholine rings is 1. The van der Waals surface area contributed by atoms with Gasteiger partial charge in [-0.3, -0.25) is 0 Å². The van der Waals surface area contributed by atoms with Crippen LogP contribution in [0.4, 0.5) is 26.4 Å². The summed E-state index contributed by atoms with van der Waals surface area (Å²) < 4.78 is 19.9. The van der Waals surface area contributed by atoms with Crippen LogP contribution in [0.1, 0.15) is 5.56 Å². The number of aryl methyl sites for hydroxylation is 1. The van der Waals surface area contributed by atoms with Crippen molar-refractivity contribution >= 4 is 50.1 Å². The van der Waals surface area contributed by atoms with E-state index in [1.54, 1.807) is 12.1 Å². The number of nitrogens with one attached hydrogen (secondary N) is 2. The van der Waals surface area contributed by atoms with Crippen molar-refractivity contribution in [2.24, 2.45) is 0 Å². The Morgan fingerprint density at radius 1 is 1.14 bits per heavy atom. The molecule has 4 rings (SSSR count). The second kappa shape index (κ2) is 8.34. The van der Waals surface area contributed by atoms with Crippen LogP contribution in [-0.4, -0.2) is 37.3 Å². The first-order valence-electron chi connectivity index (χ1n) is 9.27. The lowest BCUT2D eigenvalue weighted by Crippen LogP contribution is -2.36. The maximum absolute atomic E-state index is 13.9. The molecule has 6 nitrogen and oxygen atoms in total. The van der Waals surface area contributed by atoms with Crippen LogP contribution in [0.2, 0.25) is 0 Å². The summed E-state index contributed by atoms with van der Waals surface area (Å²) in [5, 5.41) is 6.22. The van der Waals surface area contributed by atoms with Gasteiger partial charge >= 0.3 is 6.03 Å². The fourth-order valence-electron chi connectivity index (χ4n) is 3.28. The van der Waals surface area contributed by atoms with Crippen LogP contribution < -0.4 is 15.5 Å². The first kappa shape index (κ1) is 19.6. The molecule has 1 aliphatic rings. The van der Waals surface area contributed by atoms with Crippen molar-refractivity contribution in [3.63, 3.8) is 0 Å². The van der Waals surface area contributed by atoms with Gasteiger partial charge in [-0.05, 0) is 55.0 Å².